The lowest BCUT2D eigenvalue weighted by molar-refractivity contribution is -0.123. The molecule has 2 rings (SSSR count). The van der Waals surface area contributed by atoms with E-state index in [0.29, 0.717) is 24.3 Å². The summed E-state index contributed by atoms with van der Waals surface area (Å²) in [4.78, 5) is 23.1. The Kier molecular flexibility index (Phi) is 7.54. The van der Waals surface area contributed by atoms with E-state index in [2.05, 4.69) is 14.8 Å². The Hall–Kier alpha value is -3.16. The van der Waals surface area contributed by atoms with Crippen LogP contribution in [0.3, 0.4) is 0 Å². The van der Waals surface area contributed by atoms with E-state index in [9.17, 15) is 18.4 Å². The van der Waals surface area contributed by atoms with Gasteiger partial charge in [-0.25, -0.2) is 4.79 Å². The van der Waals surface area contributed by atoms with Crippen molar-refractivity contribution in [2.24, 2.45) is 0 Å². The molecular formula is C19H19F2NO5. The van der Waals surface area contributed by atoms with Crippen LogP contribution in [-0.2, 0) is 16.0 Å². The molecule has 0 atom stereocenters. The maximum absolute atomic E-state index is 12.1. The second kappa shape index (κ2) is 10.1. The van der Waals surface area contributed by atoms with E-state index in [1.54, 1.807) is 36.4 Å². The third kappa shape index (κ3) is 6.93. The Morgan fingerprint density at radius 1 is 1.00 bits per heavy atom. The summed E-state index contributed by atoms with van der Waals surface area (Å²) >= 11 is 0. The van der Waals surface area contributed by atoms with E-state index in [4.69, 9.17) is 4.74 Å². The van der Waals surface area contributed by atoms with Gasteiger partial charge in [-0.15, -0.1) is 0 Å². The first-order valence-electron chi connectivity index (χ1n) is 8.09. The molecule has 2 aromatic rings. The predicted octanol–water partition coefficient (Wildman–Crippen LogP) is 2.81. The summed E-state index contributed by atoms with van der Waals surface area (Å²) in [5, 5.41) is 2.70. The number of hydrogen-bond donors (Lipinski definition) is 1. The molecule has 0 saturated carbocycles. The number of carbonyl (C=O) groups is 2. The summed E-state index contributed by atoms with van der Waals surface area (Å²) in [6.07, 6.45) is 0.536. The molecule has 0 aliphatic carbocycles. The van der Waals surface area contributed by atoms with E-state index in [1.807, 2.05) is 0 Å². The lowest BCUT2D eigenvalue weighted by Gasteiger charge is -2.09. The molecule has 1 amide bonds. The lowest BCUT2D eigenvalue weighted by Crippen LogP contribution is -2.30. The fourth-order valence-corrected chi connectivity index (χ4v) is 2.19. The van der Waals surface area contributed by atoms with E-state index in [0.717, 1.165) is 5.56 Å². The van der Waals surface area contributed by atoms with Crippen molar-refractivity contribution >= 4 is 11.9 Å². The standard InChI is InChI=1S/C19H19F2NO5/c1-25-18(24)14-4-8-15(9-5-14)26-12-17(23)22-11-10-13-2-6-16(7-3-13)27-19(20)21/h2-9,19H,10-12H2,1H3,(H,22,23). The fourth-order valence-electron chi connectivity index (χ4n) is 2.19. The molecule has 0 radical (unpaired) electrons. The van der Waals surface area contributed by atoms with Crippen LogP contribution < -0.4 is 14.8 Å². The quantitative estimate of drug-likeness (QED) is 0.679. The van der Waals surface area contributed by atoms with Crippen LogP contribution in [0.15, 0.2) is 48.5 Å². The van der Waals surface area contributed by atoms with Crippen LogP contribution >= 0.6 is 0 Å². The van der Waals surface area contributed by atoms with Gasteiger partial charge in [0.15, 0.2) is 6.61 Å². The number of rotatable bonds is 9. The number of alkyl halides is 2. The zero-order valence-electron chi connectivity index (χ0n) is 14.6. The molecule has 0 bridgehead atoms. The Labute approximate surface area is 155 Å². The van der Waals surface area contributed by atoms with E-state index >= 15 is 0 Å². The molecule has 0 fully saturated rings. The minimum Gasteiger partial charge on any atom is -0.484 e. The number of nitrogens with one attached hydrogen (secondary N) is 1. The van der Waals surface area contributed by atoms with Gasteiger partial charge in [-0.3, -0.25) is 4.79 Å². The number of ether oxygens (including phenoxy) is 3. The molecule has 144 valence electrons. The summed E-state index contributed by atoms with van der Waals surface area (Å²) in [5.74, 6) is -0.213. The minimum atomic E-state index is -2.85. The minimum absolute atomic E-state index is 0.0874. The largest absolute Gasteiger partial charge is 0.484 e. The number of hydrogen-bond acceptors (Lipinski definition) is 5. The molecule has 2 aromatic carbocycles. The van der Waals surface area contributed by atoms with Crippen molar-refractivity contribution in [2.75, 3.05) is 20.3 Å². The Balaban J connectivity index is 1.69. The molecule has 8 heteroatoms. The summed E-state index contributed by atoms with van der Waals surface area (Å²) < 4.78 is 38.4. The number of carbonyl (C=O) groups excluding carboxylic acids is 2. The lowest BCUT2D eigenvalue weighted by atomic mass is 10.1. The first kappa shape index (κ1) is 20.2. The van der Waals surface area contributed by atoms with E-state index in [1.165, 1.54) is 19.2 Å². The molecule has 0 spiro atoms. The number of halogens is 2. The second-order valence-electron chi connectivity index (χ2n) is 5.43. The highest BCUT2D eigenvalue weighted by atomic mass is 19.3. The van der Waals surface area contributed by atoms with Gasteiger partial charge >= 0.3 is 12.6 Å². The summed E-state index contributed by atoms with van der Waals surface area (Å²) in [7, 11) is 1.29. The van der Waals surface area contributed by atoms with Gasteiger partial charge in [-0.1, -0.05) is 12.1 Å². The van der Waals surface area contributed by atoms with Crippen LogP contribution in [-0.4, -0.2) is 38.7 Å². The number of benzene rings is 2. The molecule has 0 aliphatic rings. The van der Waals surface area contributed by atoms with E-state index < -0.39 is 12.6 Å². The van der Waals surface area contributed by atoms with Gasteiger partial charge in [0.25, 0.3) is 5.91 Å². The van der Waals surface area contributed by atoms with E-state index in [-0.39, 0.29) is 18.3 Å². The Morgan fingerprint density at radius 3 is 2.22 bits per heavy atom. The first-order chi connectivity index (χ1) is 13.0. The highest BCUT2D eigenvalue weighted by Crippen LogP contribution is 2.15. The normalized spacial score (nSPS) is 10.4. The maximum Gasteiger partial charge on any atom is 0.387 e. The molecule has 27 heavy (non-hydrogen) atoms. The first-order valence-corrected chi connectivity index (χ1v) is 8.09. The van der Waals surface area contributed by atoms with Crippen molar-refractivity contribution in [3.8, 4) is 11.5 Å². The molecule has 1 N–H and O–H groups in total. The molecule has 0 saturated heterocycles. The Bertz CT molecular complexity index is 748. The SMILES string of the molecule is COC(=O)c1ccc(OCC(=O)NCCc2ccc(OC(F)F)cc2)cc1. The average Bonchev–Trinajstić information content (AvgIpc) is 2.67. The van der Waals surface area contributed by atoms with Gasteiger partial charge in [0.2, 0.25) is 0 Å². The Morgan fingerprint density at radius 2 is 1.63 bits per heavy atom. The van der Waals surface area contributed by atoms with Gasteiger partial charge in [0.1, 0.15) is 11.5 Å². The second-order valence-corrected chi connectivity index (χ2v) is 5.43. The monoisotopic (exact) mass is 379 g/mol. The zero-order chi connectivity index (χ0) is 19.6. The number of esters is 1. The van der Waals surface area contributed by atoms with Gasteiger partial charge in [-0.05, 0) is 48.4 Å². The third-order valence-electron chi connectivity index (χ3n) is 3.53. The highest BCUT2D eigenvalue weighted by molar-refractivity contribution is 5.89. The van der Waals surface area contributed by atoms with Gasteiger partial charge in [0.05, 0.1) is 12.7 Å². The van der Waals surface area contributed by atoms with Gasteiger partial charge in [0, 0.05) is 6.54 Å². The predicted molar refractivity (Wildman–Crippen MR) is 93.1 cm³/mol. The fraction of sp³-hybridized carbons (Fsp3) is 0.263. The zero-order valence-corrected chi connectivity index (χ0v) is 14.6. The maximum atomic E-state index is 12.1. The van der Waals surface area contributed by atoms with Crippen LogP contribution in [0.2, 0.25) is 0 Å². The van der Waals surface area contributed by atoms with Crippen molar-refractivity contribution in [1.82, 2.24) is 5.32 Å². The smallest absolute Gasteiger partial charge is 0.387 e. The average molecular weight is 379 g/mol. The van der Waals surface area contributed by atoms with Crippen molar-refractivity contribution in [2.45, 2.75) is 13.0 Å². The van der Waals surface area contributed by atoms with Crippen LogP contribution in [0, 0.1) is 0 Å². The van der Waals surface area contributed by atoms with Crippen molar-refractivity contribution < 1.29 is 32.6 Å². The van der Waals surface area contributed by atoms with Gasteiger partial charge in [-0.2, -0.15) is 8.78 Å². The summed E-state index contributed by atoms with van der Waals surface area (Å²) in [5.41, 5.74) is 1.26. The van der Waals surface area contributed by atoms with Crippen molar-refractivity contribution in [1.29, 1.82) is 0 Å². The molecule has 6 nitrogen and oxygen atoms in total. The molecule has 0 unspecified atom stereocenters. The summed E-state index contributed by atoms with van der Waals surface area (Å²) in [6.45, 7) is -2.65. The van der Waals surface area contributed by atoms with Crippen LogP contribution in [0.1, 0.15) is 15.9 Å². The highest BCUT2D eigenvalue weighted by Gasteiger charge is 2.07. The summed E-state index contributed by atoms with van der Waals surface area (Å²) in [6, 6.07) is 12.4. The van der Waals surface area contributed by atoms with Gasteiger partial charge < -0.3 is 19.5 Å². The number of amides is 1. The molecule has 0 aliphatic heterocycles. The molecule has 0 heterocycles. The molecular weight excluding hydrogens is 360 g/mol. The van der Waals surface area contributed by atoms with Crippen LogP contribution in [0.4, 0.5) is 8.78 Å². The van der Waals surface area contributed by atoms with Crippen LogP contribution in [0.25, 0.3) is 0 Å². The van der Waals surface area contributed by atoms with Crippen molar-refractivity contribution in [3.63, 3.8) is 0 Å². The topological polar surface area (TPSA) is 73.9 Å². The van der Waals surface area contributed by atoms with Crippen molar-refractivity contribution in [3.05, 3.63) is 59.7 Å². The number of methoxy groups -OCH3 is 1. The third-order valence-corrected chi connectivity index (χ3v) is 3.53. The molecule has 0 aromatic heterocycles. The van der Waals surface area contributed by atoms with Crippen LogP contribution in [0.5, 0.6) is 11.5 Å².